The lowest BCUT2D eigenvalue weighted by atomic mass is 10.00. The number of aryl methyl sites for hydroxylation is 3. The van der Waals surface area contributed by atoms with Crippen LogP contribution in [-0.2, 0) is 6.54 Å². The van der Waals surface area contributed by atoms with E-state index in [0.717, 1.165) is 19.0 Å². The second-order valence-electron chi connectivity index (χ2n) is 7.50. The summed E-state index contributed by atoms with van der Waals surface area (Å²) in [5.74, 6) is 0.797. The Morgan fingerprint density at radius 2 is 1.42 bits per heavy atom. The molecule has 0 radical (unpaired) electrons. The minimum atomic E-state index is 0.483. The Balaban J connectivity index is 1.95. The molecule has 0 atom stereocenters. The molecule has 0 aromatic heterocycles. The van der Waals surface area contributed by atoms with Crippen LogP contribution in [-0.4, -0.2) is 6.54 Å². The van der Waals surface area contributed by atoms with E-state index >= 15 is 0 Å². The Labute approximate surface area is 118 Å². The van der Waals surface area contributed by atoms with Crippen LogP contribution in [0.25, 0.3) is 0 Å². The zero-order valence-corrected chi connectivity index (χ0v) is 13.6. The first-order valence-electron chi connectivity index (χ1n) is 7.45. The molecule has 106 valence electrons. The molecular formula is C18H29N. The average Bonchev–Trinajstić information content (AvgIpc) is 2.63. The van der Waals surface area contributed by atoms with Gasteiger partial charge in [0.25, 0.3) is 0 Å². The van der Waals surface area contributed by atoms with E-state index in [1.807, 2.05) is 0 Å². The smallest absolute Gasteiger partial charge is 0.0210 e. The van der Waals surface area contributed by atoms with Crippen LogP contribution in [0.5, 0.6) is 0 Å². The molecular weight excluding hydrogens is 230 g/mol. The Hall–Kier alpha value is -0.820. The molecule has 0 amide bonds. The van der Waals surface area contributed by atoms with Crippen molar-refractivity contribution in [2.75, 3.05) is 6.54 Å². The molecule has 1 fully saturated rings. The van der Waals surface area contributed by atoms with Gasteiger partial charge in [-0.05, 0) is 60.8 Å². The van der Waals surface area contributed by atoms with Crippen molar-refractivity contribution in [3.63, 3.8) is 0 Å². The molecule has 1 aromatic carbocycles. The van der Waals surface area contributed by atoms with Crippen molar-refractivity contribution in [2.45, 2.75) is 55.0 Å². The van der Waals surface area contributed by atoms with Crippen LogP contribution < -0.4 is 5.32 Å². The van der Waals surface area contributed by atoms with E-state index in [0.29, 0.717) is 10.8 Å². The summed E-state index contributed by atoms with van der Waals surface area (Å²) in [6.07, 6.45) is 0. The van der Waals surface area contributed by atoms with Crippen molar-refractivity contribution < 1.29 is 0 Å². The second kappa shape index (κ2) is 4.63. The fourth-order valence-corrected chi connectivity index (χ4v) is 3.67. The lowest BCUT2D eigenvalue weighted by molar-refractivity contribution is 0.457. The lowest BCUT2D eigenvalue weighted by Gasteiger charge is -2.13. The van der Waals surface area contributed by atoms with E-state index in [1.54, 1.807) is 0 Å². The molecule has 0 unspecified atom stereocenters. The van der Waals surface area contributed by atoms with Crippen molar-refractivity contribution in [3.8, 4) is 0 Å². The number of nitrogens with one attached hydrogen (secondary N) is 1. The minimum absolute atomic E-state index is 0.483. The summed E-state index contributed by atoms with van der Waals surface area (Å²) in [7, 11) is 0. The van der Waals surface area contributed by atoms with Gasteiger partial charge in [0, 0.05) is 6.54 Å². The standard InChI is InChI=1S/C18H29N/c1-12-8-13(2)15(14(3)9-12)10-19-11-16-17(4,5)18(16,6)7/h8-9,16,19H,10-11H2,1-7H3. The topological polar surface area (TPSA) is 12.0 Å². The Morgan fingerprint density at radius 1 is 0.947 bits per heavy atom. The molecule has 0 heterocycles. The monoisotopic (exact) mass is 259 g/mol. The maximum Gasteiger partial charge on any atom is 0.0210 e. The predicted molar refractivity (Wildman–Crippen MR) is 83.4 cm³/mol. The summed E-state index contributed by atoms with van der Waals surface area (Å²) in [4.78, 5) is 0. The van der Waals surface area contributed by atoms with Gasteiger partial charge in [0.05, 0.1) is 0 Å². The summed E-state index contributed by atoms with van der Waals surface area (Å²) in [5, 5.41) is 3.68. The van der Waals surface area contributed by atoms with Crippen molar-refractivity contribution in [2.24, 2.45) is 16.7 Å². The SMILES string of the molecule is Cc1cc(C)c(CNCC2C(C)(C)C2(C)C)c(C)c1. The van der Waals surface area contributed by atoms with Crippen molar-refractivity contribution >= 4 is 0 Å². The van der Waals surface area contributed by atoms with Crippen molar-refractivity contribution in [1.82, 2.24) is 5.32 Å². The van der Waals surface area contributed by atoms with Gasteiger partial charge in [-0.1, -0.05) is 45.4 Å². The lowest BCUT2D eigenvalue weighted by Crippen LogP contribution is -2.20. The molecule has 0 spiro atoms. The fourth-order valence-electron chi connectivity index (χ4n) is 3.67. The van der Waals surface area contributed by atoms with E-state index in [2.05, 4.69) is 65.9 Å². The maximum atomic E-state index is 3.68. The number of rotatable bonds is 4. The van der Waals surface area contributed by atoms with Gasteiger partial charge in [-0.15, -0.1) is 0 Å². The minimum Gasteiger partial charge on any atom is -0.312 e. The van der Waals surface area contributed by atoms with Crippen molar-refractivity contribution in [3.05, 3.63) is 34.4 Å². The third-order valence-corrected chi connectivity index (χ3v) is 5.81. The highest BCUT2D eigenvalue weighted by Crippen LogP contribution is 2.67. The van der Waals surface area contributed by atoms with Gasteiger partial charge in [0.1, 0.15) is 0 Å². The summed E-state index contributed by atoms with van der Waals surface area (Å²) in [6, 6.07) is 4.57. The Morgan fingerprint density at radius 3 is 1.84 bits per heavy atom. The number of hydrogen-bond acceptors (Lipinski definition) is 1. The summed E-state index contributed by atoms with van der Waals surface area (Å²) in [6.45, 7) is 18.3. The molecule has 0 aliphatic heterocycles. The van der Waals surface area contributed by atoms with Crippen LogP contribution in [0.15, 0.2) is 12.1 Å². The van der Waals surface area contributed by atoms with Crippen LogP contribution in [0.4, 0.5) is 0 Å². The first kappa shape index (κ1) is 14.6. The van der Waals surface area contributed by atoms with Gasteiger partial charge >= 0.3 is 0 Å². The Kier molecular flexibility index (Phi) is 3.55. The van der Waals surface area contributed by atoms with Gasteiger partial charge < -0.3 is 5.32 Å². The molecule has 2 rings (SSSR count). The highest BCUT2D eigenvalue weighted by molar-refractivity contribution is 5.37. The molecule has 1 nitrogen and oxygen atoms in total. The largest absolute Gasteiger partial charge is 0.312 e. The first-order chi connectivity index (χ1) is 8.68. The van der Waals surface area contributed by atoms with Crippen LogP contribution in [0, 0.1) is 37.5 Å². The van der Waals surface area contributed by atoms with Gasteiger partial charge in [0.15, 0.2) is 0 Å². The van der Waals surface area contributed by atoms with Crippen LogP contribution in [0.3, 0.4) is 0 Å². The molecule has 1 heteroatoms. The molecule has 1 aromatic rings. The zero-order chi connectivity index (χ0) is 14.4. The van der Waals surface area contributed by atoms with E-state index in [1.165, 1.54) is 22.3 Å². The third-order valence-electron chi connectivity index (χ3n) is 5.81. The average molecular weight is 259 g/mol. The van der Waals surface area contributed by atoms with E-state index in [9.17, 15) is 0 Å². The highest BCUT2D eigenvalue weighted by Gasteiger charge is 2.63. The normalized spacial score (nSPS) is 20.6. The number of benzene rings is 1. The van der Waals surface area contributed by atoms with E-state index in [4.69, 9.17) is 0 Å². The number of hydrogen-bond donors (Lipinski definition) is 1. The van der Waals surface area contributed by atoms with E-state index in [-0.39, 0.29) is 0 Å². The predicted octanol–water partition coefficient (Wildman–Crippen LogP) is 4.38. The maximum absolute atomic E-state index is 3.68. The Bertz CT molecular complexity index is 445. The summed E-state index contributed by atoms with van der Waals surface area (Å²) in [5.41, 5.74) is 6.64. The molecule has 1 N–H and O–H groups in total. The van der Waals surface area contributed by atoms with Crippen LogP contribution >= 0.6 is 0 Å². The zero-order valence-electron chi connectivity index (χ0n) is 13.6. The molecule has 1 aliphatic carbocycles. The summed E-state index contributed by atoms with van der Waals surface area (Å²) < 4.78 is 0. The molecule has 1 aliphatic rings. The van der Waals surface area contributed by atoms with Gasteiger partial charge in [-0.2, -0.15) is 0 Å². The van der Waals surface area contributed by atoms with Gasteiger partial charge in [-0.3, -0.25) is 0 Å². The first-order valence-corrected chi connectivity index (χ1v) is 7.45. The van der Waals surface area contributed by atoms with Crippen LogP contribution in [0.2, 0.25) is 0 Å². The fraction of sp³-hybridized carbons (Fsp3) is 0.667. The second-order valence-corrected chi connectivity index (χ2v) is 7.50. The quantitative estimate of drug-likeness (QED) is 0.846. The van der Waals surface area contributed by atoms with Gasteiger partial charge in [0.2, 0.25) is 0 Å². The highest BCUT2D eigenvalue weighted by atomic mass is 14.9. The van der Waals surface area contributed by atoms with Gasteiger partial charge in [-0.25, -0.2) is 0 Å². The third kappa shape index (κ3) is 2.45. The van der Waals surface area contributed by atoms with E-state index < -0.39 is 0 Å². The summed E-state index contributed by atoms with van der Waals surface area (Å²) >= 11 is 0. The van der Waals surface area contributed by atoms with Crippen LogP contribution in [0.1, 0.15) is 49.9 Å². The molecule has 0 saturated heterocycles. The molecule has 19 heavy (non-hydrogen) atoms. The molecule has 0 bridgehead atoms. The molecule has 1 saturated carbocycles. The van der Waals surface area contributed by atoms with Crippen molar-refractivity contribution in [1.29, 1.82) is 0 Å².